The van der Waals surface area contributed by atoms with Crippen LogP contribution in [0.4, 0.5) is 23.7 Å². The summed E-state index contributed by atoms with van der Waals surface area (Å²) in [7, 11) is 0. The molecule has 0 aliphatic carbocycles. The van der Waals surface area contributed by atoms with Gasteiger partial charge in [0.2, 0.25) is 0 Å². The number of ether oxygens (including phenoxy) is 1. The third-order valence-corrected chi connectivity index (χ3v) is 5.70. The molecular formula is C25H17F3N6O2S. The van der Waals surface area contributed by atoms with Crippen molar-refractivity contribution in [3.63, 3.8) is 0 Å². The molecule has 5 rings (SSSR count). The fourth-order valence-corrected chi connectivity index (χ4v) is 4.03. The number of carbonyl (C=O) groups excluding carboxylic acids is 1. The Hall–Kier alpha value is -4.58. The maximum Gasteiger partial charge on any atom is 0.573 e. The average Bonchev–Trinajstić information content (AvgIpc) is 3.31. The first-order valence-electron chi connectivity index (χ1n) is 10.8. The number of amides is 2. The molecule has 0 saturated carbocycles. The number of urea groups is 1. The van der Waals surface area contributed by atoms with E-state index in [1.165, 1.54) is 30.5 Å². The van der Waals surface area contributed by atoms with Crippen molar-refractivity contribution in [2.75, 3.05) is 5.32 Å². The smallest absolute Gasteiger partial charge is 0.406 e. The van der Waals surface area contributed by atoms with E-state index in [1.54, 1.807) is 35.4 Å². The molecule has 12 heteroatoms. The number of halogens is 3. The summed E-state index contributed by atoms with van der Waals surface area (Å²) in [6, 6.07) is 18.2. The van der Waals surface area contributed by atoms with E-state index in [-0.39, 0.29) is 5.75 Å². The minimum atomic E-state index is -4.74. The monoisotopic (exact) mass is 522 g/mol. The zero-order valence-corrected chi connectivity index (χ0v) is 19.6. The number of rotatable bonds is 6. The van der Waals surface area contributed by atoms with Gasteiger partial charge in [0, 0.05) is 23.5 Å². The van der Waals surface area contributed by atoms with Crippen LogP contribution >= 0.6 is 12.1 Å². The number of pyridine rings is 1. The third-order valence-electron chi connectivity index (χ3n) is 5.22. The van der Waals surface area contributed by atoms with E-state index in [1.807, 2.05) is 30.3 Å². The van der Waals surface area contributed by atoms with Crippen molar-refractivity contribution in [2.24, 2.45) is 4.40 Å². The molecule has 0 saturated heterocycles. The Balaban J connectivity index is 1.28. The summed E-state index contributed by atoms with van der Waals surface area (Å²) in [6.45, 7) is 0. The number of hydrogen-bond donors (Lipinski definition) is 2. The van der Waals surface area contributed by atoms with E-state index in [0.717, 1.165) is 39.5 Å². The largest absolute Gasteiger partial charge is 0.573 e. The van der Waals surface area contributed by atoms with E-state index in [2.05, 4.69) is 29.1 Å². The van der Waals surface area contributed by atoms with Gasteiger partial charge in [-0.2, -0.15) is 0 Å². The summed E-state index contributed by atoms with van der Waals surface area (Å²) in [5.74, 6) is -0.289. The lowest BCUT2D eigenvalue weighted by molar-refractivity contribution is -0.274. The van der Waals surface area contributed by atoms with Crippen LogP contribution in [0, 0.1) is 0 Å². The molecule has 2 aromatic heterocycles. The number of imidazole rings is 1. The van der Waals surface area contributed by atoms with Gasteiger partial charge in [0.1, 0.15) is 12.1 Å². The summed E-state index contributed by atoms with van der Waals surface area (Å²) in [5.41, 5.74) is 3.60. The number of aromatic nitrogens is 3. The first-order valence-corrected chi connectivity index (χ1v) is 11.6. The predicted molar refractivity (Wildman–Crippen MR) is 137 cm³/mol. The van der Waals surface area contributed by atoms with Crippen LogP contribution in [0.25, 0.3) is 27.5 Å². The van der Waals surface area contributed by atoms with Crippen LogP contribution in [0.1, 0.15) is 5.56 Å². The number of nitrogens with one attached hydrogen (secondary N) is 2. The molecule has 0 aliphatic heterocycles. The number of carbonyl (C=O) groups is 1. The molecule has 0 radical (unpaired) electrons. The fourth-order valence-electron chi connectivity index (χ4n) is 3.67. The highest BCUT2D eigenvalue weighted by molar-refractivity contribution is 7.96. The molecule has 3 aromatic carbocycles. The van der Waals surface area contributed by atoms with Crippen LogP contribution in [0.5, 0.6) is 5.75 Å². The summed E-state index contributed by atoms with van der Waals surface area (Å²) in [5, 5.41) is 4.48. The van der Waals surface area contributed by atoms with Crippen molar-refractivity contribution in [2.45, 2.75) is 6.36 Å². The maximum atomic E-state index is 12.4. The van der Waals surface area contributed by atoms with Gasteiger partial charge >= 0.3 is 12.4 Å². The number of nitrogens with zero attached hydrogens (tertiary/aromatic N) is 4. The highest BCUT2D eigenvalue weighted by Gasteiger charge is 2.31. The second-order valence-corrected chi connectivity index (χ2v) is 8.29. The first-order chi connectivity index (χ1) is 17.9. The fraction of sp³-hybridized carbons (Fsp3) is 0.0400. The molecule has 37 heavy (non-hydrogen) atoms. The van der Waals surface area contributed by atoms with Crippen LogP contribution < -0.4 is 14.8 Å². The molecule has 5 aromatic rings. The Morgan fingerprint density at radius 3 is 2.68 bits per heavy atom. The van der Waals surface area contributed by atoms with Crippen LogP contribution in [-0.2, 0) is 0 Å². The molecule has 0 spiro atoms. The maximum absolute atomic E-state index is 12.4. The van der Waals surface area contributed by atoms with Gasteiger partial charge in [0.25, 0.3) is 0 Å². The van der Waals surface area contributed by atoms with Crippen molar-refractivity contribution < 1.29 is 22.7 Å². The van der Waals surface area contributed by atoms with Gasteiger partial charge in [-0.3, -0.25) is 14.3 Å². The second kappa shape index (κ2) is 10.2. The molecular weight excluding hydrogens is 505 g/mol. The summed E-state index contributed by atoms with van der Waals surface area (Å²) < 4.78 is 49.7. The van der Waals surface area contributed by atoms with Crippen molar-refractivity contribution in [3.8, 4) is 11.4 Å². The number of hydrogen-bond acceptors (Lipinski definition) is 6. The molecule has 0 aliphatic rings. The molecule has 8 nitrogen and oxygen atoms in total. The molecule has 0 fully saturated rings. The Labute approximate surface area is 212 Å². The van der Waals surface area contributed by atoms with E-state index in [0.29, 0.717) is 11.4 Å². The topological polar surface area (TPSA) is 93.4 Å². The Morgan fingerprint density at radius 2 is 1.92 bits per heavy atom. The zero-order valence-electron chi connectivity index (χ0n) is 18.8. The molecule has 0 bridgehead atoms. The first kappa shape index (κ1) is 24.1. The minimum Gasteiger partial charge on any atom is -0.406 e. The van der Waals surface area contributed by atoms with Crippen molar-refractivity contribution in [1.82, 2.24) is 19.3 Å². The SMILES string of the molecule is O=C(NS/N=C/c1ccc2c(ccc3c2ncn3-c2ccc(OC(F)(F)F)cc2)c1)Nc1cccnc1. The lowest BCUT2D eigenvalue weighted by atomic mass is 10.1. The molecule has 2 N–H and O–H groups in total. The van der Waals surface area contributed by atoms with Crippen molar-refractivity contribution in [1.29, 1.82) is 0 Å². The van der Waals surface area contributed by atoms with E-state index in [9.17, 15) is 18.0 Å². The summed E-state index contributed by atoms with van der Waals surface area (Å²) in [4.78, 5) is 20.3. The Morgan fingerprint density at radius 1 is 1.08 bits per heavy atom. The third kappa shape index (κ3) is 5.81. The Bertz CT molecular complexity index is 1590. The number of anilines is 1. The minimum absolute atomic E-state index is 0.289. The lowest BCUT2D eigenvalue weighted by Crippen LogP contribution is -2.22. The molecule has 0 atom stereocenters. The van der Waals surface area contributed by atoms with Crippen LogP contribution in [0.2, 0.25) is 0 Å². The van der Waals surface area contributed by atoms with Gasteiger partial charge in [0.05, 0.1) is 35.1 Å². The number of alkyl halides is 3. The zero-order chi connectivity index (χ0) is 25.8. The molecule has 2 heterocycles. The summed E-state index contributed by atoms with van der Waals surface area (Å²) >= 11 is 0.888. The van der Waals surface area contributed by atoms with Gasteiger partial charge in [0.15, 0.2) is 0 Å². The number of benzene rings is 3. The highest BCUT2D eigenvalue weighted by Crippen LogP contribution is 2.28. The van der Waals surface area contributed by atoms with Gasteiger partial charge in [-0.1, -0.05) is 18.2 Å². The quantitative estimate of drug-likeness (QED) is 0.202. The van der Waals surface area contributed by atoms with E-state index in [4.69, 9.17) is 0 Å². The van der Waals surface area contributed by atoms with E-state index >= 15 is 0 Å². The van der Waals surface area contributed by atoms with Crippen LogP contribution in [0.15, 0.2) is 89.8 Å². The van der Waals surface area contributed by atoms with Gasteiger partial charge in [-0.15, -0.1) is 13.2 Å². The molecule has 186 valence electrons. The van der Waals surface area contributed by atoms with Crippen LogP contribution in [-0.4, -0.2) is 33.1 Å². The van der Waals surface area contributed by atoms with Crippen LogP contribution in [0.3, 0.4) is 0 Å². The Kier molecular flexibility index (Phi) is 6.64. The van der Waals surface area contributed by atoms with Crippen molar-refractivity contribution in [3.05, 3.63) is 91.0 Å². The second-order valence-electron chi connectivity index (χ2n) is 7.69. The number of fused-ring (bicyclic) bond motifs is 3. The van der Waals surface area contributed by atoms with E-state index < -0.39 is 12.4 Å². The van der Waals surface area contributed by atoms with Gasteiger partial charge < -0.3 is 10.1 Å². The average molecular weight is 523 g/mol. The lowest BCUT2D eigenvalue weighted by Gasteiger charge is -2.10. The van der Waals surface area contributed by atoms with Gasteiger partial charge in [-0.05, 0) is 59.5 Å². The summed E-state index contributed by atoms with van der Waals surface area (Å²) in [6.07, 6.45) is 1.66. The molecule has 0 unspecified atom stereocenters. The van der Waals surface area contributed by atoms with Gasteiger partial charge in [-0.25, -0.2) is 14.2 Å². The highest BCUT2D eigenvalue weighted by atomic mass is 32.2. The standard InChI is InChI=1S/C25H17F3N6O2S/c26-25(27,28)36-20-7-5-19(6-8-20)34-15-30-23-21-9-3-16(12-17(21)4-10-22(23)34)13-31-37-33-24(35)32-18-2-1-11-29-14-18/h1-15H,(H2,32,33,35)/b31-13+. The predicted octanol–water partition coefficient (Wildman–Crippen LogP) is 6.28. The molecule has 2 amide bonds. The normalized spacial score (nSPS) is 11.8. The van der Waals surface area contributed by atoms with Crippen molar-refractivity contribution >= 4 is 51.9 Å².